The predicted molar refractivity (Wildman–Crippen MR) is 96.7 cm³/mol. The second-order valence-corrected chi connectivity index (χ2v) is 9.71. The summed E-state index contributed by atoms with van der Waals surface area (Å²) in [5.41, 5.74) is -3.93. The third-order valence-electron chi connectivity index (χ3n) is 8.17. The van der Waals surface area contributed by atoms with E-state index in [9.17, 15) is 29.4 Å². The van der Waals surface area contributed by atoms with E-state index in [-0.39, 0.29) is 0 Å². The van der Waals surface area contributed by atoms with Crippen molar-refractivity contribution in [3.05, 3.63) is 0 Å². The molecular weight excluding hydrogens is 368 g/mol. The topological polar surface area (TPSA) is 127 Å². The molecule has 0 spiro atoms. The zero-order chi connectivity index (χ0) is 21.7. The summed E-state index contributed by atoms with van der Waals surface area (Å²) in [5.74, 6) is -4.96. The summed E-state index contributed by atoms with van der Waals surface area (Å²) in [6, 6.07) is 0. The number of carboxylic acid groups (broad SMARTS) is 2. The highest BCUT2D eigenvalue weighted by Crippen LogP contribution is 2.57. The number of carbonyl (C=O) groups is 4. The fourth-order valence-electron chi connectivity index (χ4n) is 4.79. The molecular formula is C20H30O8. The molecule has 2 saturated carbocycles. The van der Waals surface area contributed by atoms with E-state index in [4.69, 9.17) is 9.78 Å². The second kappa shape index (κ2) is 6.74. The lowest BCUT2D eigenvalue weighted by molar-refractivity contribution is -0.269. The minimum absolute atomic E-state index is 0.315. The van der Waals surface area contributed by atoms with Gasteiger partial charge in [-0.05, 0) is 50.4 Å². The molecule has 0 aliphatic heterocycles. The Labute approximate surface area is 164 Å². The van der Waals surface area contributed by atoms with Crippen molar-refractivity contribution in [1.29, 1.82) is 0 Å². The molecule has 0 saturated heterocycles. The maximum atomic E-state index is 12.5. The van der Waals surface area contributed by atoms with E-state index in [1.165, 1.54) is 0 Å². The lowest BCUT2D eigenvalue weighted by Gasteiger charge is -2.37. The minimum Gasteiger partial charge on any atom is -0.481 e. The van der Waals surface area contributed by atoms with E-state index in [1.807, 2.05) is 0 Å². The van der Waals surface area contributed by atoms with Crippen molar-refractivity contribution in [1.82, 2.24) is 0 Å². The lowest BCUT2D eigenvalue weighted by atomic mass is 9.66. The van der Waals surface area contributed by atoms with Crippen molar-refractivity contribution < 1.29 is 39.2 Å². The average molecular weight is 398 g/mol. The number of aliphatic carboxylic acids is 2. The zero-order valence-corrected chi connectivity index (χ0v) is 17.3. The van der Waals surface area contributed by atoms with Crippen molar-refractivity contribution in [3.8, 4) is 0 Å². The summed E-state index contributed by atoms with van der Waals surface area (Å²) in [7, 11) is 0. The molecule has 2 rings (SSSR count). The number of carboxylic acids is 2. The lowest BCUT2D eigenvalue weighted by Crippen LogP contribution is -2.44. The Morgan fingerprint density at radius 3 is 1.18 bits per heavy atom. The van der Waals surface area contributed by atoms with Crippen LogP contribution in [0.1, 0.15) is 67.2 Å². The number of rotatable bonds is 4. The maximum Gasteiger partial charge on any atom is 0.359 e. The number of hydrogen-bond acceptors (Lipinski definition) is 6. The fourth-order valence-corrected chi connectivity index (χ4v) is 4.79. The Balaban J connectivity index is 2.05. The number of hydrogen-bond donors (Lipinski definition) is 2. The van der Waals surface area contributed by atoms with Gasteiger partial charge in [-0.3, -0.25) is 9.59 Å². The summed E-state index contributed by atoms with van der Waals surface area (Å²) >= 11 is 0. The highest BCUT2D eigenvalue weighted by molar-refractivity contribution is 5.83. The van der Waals surface area contributed by atoms with Gasteiger partial charge in [-0.2, -0.15) is 0 Å². The summed E-state index contributed by atoms with van der Waals surface area (Å²) in [6.07, 6.45) is 1.27. The molecule has 0 amide bonds. The van der Waals surface area contributed by atoms with Crippen LogP contribution in [0.25, 0.3) is 0 Å². The molecule has 0 radical (unpaired) electrons. The molecule has 0 aromatic rings. The largest absolute Gasteiger partial charge is 0.481 e. The van der Waals surface area contributed by atoms with Crippen LogP contribution in [0, 0.1) is 33.5 Å². The third kappa shape index (κ3) is 2.97. The van der Waals surface area contributed by atoms with Crippen LogP contribution in [0.2, 0.25) is 0 Å². The molecule has 2 N–H and O–H groups in total. The van der Waals surface area contributed by atoms with Gasteiger partial charge in [0.05, 0.1) is 22.7 Å². The molecule has 0 heterocycles. The second-order valence-electron chi connectivity index (χ2n) is 9.71. The van der Waals surface area contributed by atoms with Crippen LogP contribution < -0.4 is 0 Å². The van der Waals surface area contributed by atoms with Gasteiger partial charge in [0.2, 0.25) is 0 Å². The molecule has 158 valence electrons. The van der Waals surface area contributed by atoms with Gasteiger partial charge in [0.25, 0.3) is 0 Å². The van der Waals surface area contributed by atoms with Crippen molar-refractivity contribution in [2.24, 2.45) is 33.5 Å². The van der Waals surface area contributed by atoms with Crippen LogP contribution >= 0.6 is 0 Å². The van der Waals surface area contributed by atoms with Gasteiger partial charge in [-0.15, -0.1) is 0 Å². The molecule has 0 aromatic carbocycles. The first kappa shape index (κ1) is 22.2. The van der Waals surface area contributed by atoms with Crippen molar-refractivity contribution in [2.45, 2.75) is 67.2 Å². The molecule has 8 nitrogen and oxygen atoms in total. The van der Waals surface area contributed by atoms with Crippen molar-refractivity contribution in [2.75, 3.05) is 0 Å². The average Bonchev–Trinajstić information content (AvgIpc) is 2.97. The van der Waals surface area contributed by atoms with Crippen LogP contribution in [0.3, 0.4) is 0 Å². The highest BCUT2D eigenvalue weighted by Gasteiger charge is 2.61. The zero-order valence-electron chi connectivity index (χ0n) is 17.3. The molecule has 0 bridgehead atoms. The van der Waals surface area contributed by atoms with E-state index in [2.05, 4.69) is 0 Å². The standard InChI is InChI=1S/C20H30O8/c1-17(2)11(7-9-19(17,5)15(23)24)13(21)27-28-14(22)12-8-10-20(6,16(25)26)18(12,3)4/h11-12H,7-10H2,1-6H3,(H,23,24)(H,25,26). The van der Waals surface area contributed by atoms with Gasteiger partial charge in [-0.25, -0.2) is 19.4 Å². The number of carbonyl (C=O) groups excluding carboxylic acids is 2. The normalized spacial score (nSPS) is 35.9. The molecule has 2 aliphatic carbocycles. The molecule has 28 heavy (non-hydrogen) atoms. The molecule has 0 aromatic heterocycles. The quantitative estimate of drug-likeness (QED) is 0.546. The van der Waals surface area contributed by atoms with Gasteiger partial charge in [0.1, 0.15) is 0 Å². The smallest absolute Gasteiger partial charge is 0.359 e. The summed E-state index contributed by atoms with van der Waals surface area (Å²) in [4.78, 5) is 57.9. The van der Waals surface area contributed by atoms with Crippen LogP contribution in [-0.2, 0) is 29.0 Å². The Morgan fingerprint density at radius 2 is 0.964 bits per heavy atom. The molecule has 4 unspecified atom stereocenters. The van der Waals surface area contributed by atoms with Gasteiger partial charge in [-0.1, -0.05) is 27.7 Å². The summed E-state index contributed by atoms with van der Waals surface area (Å²) in [6.45, 7) is 9.98. The Hall–Kier alpha value is -2.12. The Bertz CT molecular complexity index is 649. The van der Waals surface area contributed by atoms with Crippen molar-refractivity contribution in [3.63, 3.8) is 0 Å². The fraction of sp³-hybridized carbons (Fsp3) is 0.800. The van der Waals surface area contributed by atoms with Crippen LogP contribution in [0.4, 0.5) is 0 Å². The van der Waals surface area contributed by atoms with Crippen LogP contribution in [-0.4, -0.2) is 34.1 Å². The van der Waals surface area contributed by atoms with Crippen LogP contribution in [0.5, 0.6) is 0 Å². The van der Waals surface area contributed by atoms with Gasteiger partial charge in [0.15, 0.2) is 0 Å². The van der Waals surface area contributed by atoms with Gasteiger partial charge >= 0.3 is 23.9 Å². The van der Waals surface area contributed by atoms with Gasteiger partial charge in [0, 0.05) is 0 Å². The maximum absolute atomic E-state index is 12.5. The van der Waals surface area contributed by atoms with E-state index < -0.39 is 57.4 Å². The van der Waals surface area contributed by atoms with Crippen LogP contribution in [0.15, 0.2) is 0 Å². The molecule has 2 aliphatic rings. The van der Waals surface area contributed by atoms with E-state index in [1.54, 1.807) is 41.5 Å². The summed E-state index contributed by atoms with van der Waals surface area (Å²) < 4.78 is 0. The van der Waals surface area contributed by atoms with Crippen molar-refractivity contribution >= 4 is 23.9 Å². The Kier molecular flexibility index (Phi) is 5.34. The molecule has 4 atom stereocenters. The molecule has 8 heteroatoms. The van der Waals surface area contributed by atoms with Gasteiger partial charge < -0.3 is 10.2 Å². The first-order chi connectivity index (χ1) is 12.6. The van der Waals surface area contributed by atoms with E-state index >= 15 is 0 Å². The Morgan fingerprint density at radius 1 is 0.679 bits per heavy atom. The minimum atomic E-state index is -1.09. The SMILES string of the molecule is CC1(C(=O)O)CCC(C(=O)OOC(=O)C2CCC(C)(C(=O)O)C2(C)C)C1(C)C. The monoisotopic (exact) mass is 398 g/mol. The van der Waals surface area contributed by atoms with E-state index in [0.29, 0.717) is 25.7 Å². The first-order valence-corrected chi connectivity index (χ1v) is 9.52. The highest BCUT2D eigenvalue weighted by atomic mass is 17.2. The third-order valence-corrected chi connectivity index (χ3v) is 8.17. The summed E-state index contributed by atoms with van der Waals surface area (Å²) in [5, 5.41) is 19.1. The van der Waals surface area contributed by atoms with E-state index in [0.717, 1.165) is 0 Å². The molecule has 2 fully saturated rings. The predicted octanol–water partition coefficient (Wildman–Crippen LogP) is 3.04. The first-order valence-electron chi connectivity index (χ1n) is 9.52.